The van der Waals surface area contributed by atoms with Gasteiger partial charge >= 0.3 is 0 Å². The summed E-state index contributed by atoms with van der Waals surface area (Å²) in [4.78, 5) is 29.5. The maximum atomic E-state index is 13.3. The fraction of sp³-hybridized carbons (Fsp3) is 0.450. The molecule has 4 rings (SSSR count). The van der Waals surface area contributed by atoms with Crippen LogP contribution >= 0.6 is 11.3 Å². The number of carbonyl (C=O) groups is 1. The molecule has 1 amide bonds. The first kappa shape index (κ1) is 18.0. The van der Waals surface area contributed by atoms with Crippen molar-refractivity contribution < 1.29 is 9.72 Å². The number of carbonyl (C=O) groups excluding carboxylic acids is 1. The number of piperidine rings is 1. The topological polar surface area (TPSA) is 66.7 Å². The molecule has 142 valence electrons. The van der Waals surface area contributed by atoms with Crippen molar-refractivity contribution in [3.8, 4) is 0 Å². The van der Waals surface area contributed by atoms with Gasteiger partial charge in [0.2, 0.25) is 0 Å². The molecule has 0 saturated carbocycles. The van der Waals surface area contributed by atoms with Gasteiger partial charge in [0.15, 0.2) is 0 Å². The standard InChI is InChI=1S/C20H23N3O3S/c1-14-4-8-21(9-5-14)18-3-2-16(23(25)26)12-17(18)20(24)22-10-6-19-15(13-22)7-11-27-19/h2-3,7,11-12,14H,4-6,8-10,13H2,1H3. The first-order chi connectivity index (χ1) is 13.0. The number of non-ortho nitro benzene ring substituents is 1. The molecule has 0 radical (unpaired) electrons. The maximum absolute atomic E-state index is 13.3. The number of nitro benzene ring substituents is 1. The molecule has 3 heterocycles. The molecule has 7 heteroatoms. The van der Waals surface area contributed by atoms with Crippen LogP contribution in [-0.4, -0.2) is 35.4 Å². The van der Waals surface area contributed by atoms with Crippen LogP contribution in [0.25, 0.3) is 0 Å². The second-order valence-electron chi connectivity index (χ2n) is 7.47. The predicted octanol–water partition coefficient (Wildman–Crippen LogP) is 4.09. The molecule has 0 bridgehead atoms. The summed E-state index contributed by atoms with van der Waals surface area (Å²) in [6.07, 6.45) is 3.00. The van der Waals surface area contributed by atoms with Gasteiger partial charge in [-0.15, -0.1) is 11.3 Å². The van der Waals surface area contributed by atoms with Gasteiger partial charge in [-0.25, -0.2) is 0 Å². The molecular formula is C20H23N3O3S. The first-order valence-electron chi connectivity index (χ1n) is 9.41. The lowest BCUT2D eigenvalue weighted by Crippen LogP contribution is -2.38. The van der Waals surface area contributed by atoms with E-state index < -0.39 is 4.92 Å². The van der Waals surface area contributed by atoms with E-state index in [4.69, 9.17) is 0 Å². The average molecular weight is 385 g/mol. The molecule has 0 aliphatic carbocycles. The van der Waals surface area contributed by atoms with Crippen LogP contribution in [0, 0.1) is 16.0 Å². The lowest BCUT2D eigenvalue weighted by atomic mass is 9.97. The molecule has 2 aromatic rings. The van der Waals surface area contributed by atoms with Crippen LogP contribution in [0.5, 0.6) is 0 Å². The lowest BCUT2D eigenvalue weighted by Gasteiger charge is -2.34. The summed E-state index contributed by atoms with van der Waals surface area (Å²) in [6, 6.07) is 6.79. The molecule has 2 aliphatic heterocycles. The maximum Gasteiger partial charge on any atom is 0.270 e. The van der Waals surface area contributed by atoms with Crippen molar-refractivity contribution in [1.82, 2.24) is 4.90 Å². The summed E-state index contributed by atoms with van der Waals surface area (Å²) in [5.74, 6) is 0.571. The number of benzene rings is 1. The highest BCUT2D eigenvalue weighted by atomic mass is 32.1. The van der Waals surface area contributed by atoms with Crippen LogP contribution in [0.4, 0.5) is 11.4 Å². The number of hydrogen-bond acceptors (Lipinski definition) is 5. The van der Waals surface area contributed by atoms with E-state index in [0.29, 0.717) is 24.6 Å². The number of nitro groups is 1. The van der Waals surface area contributed by atoms with E-state index in [2.05, 4.69) is 23.3 Å². The fourth-order valence-corrected chi connectivity index (χ4v) is 4.82. The second kappa shape index (κ2) is 7.31. The van der Waals surface area contributed by atoms with Gasteiger partial charge in [-0.2, -0.15) is 0 Å². The highest BCUT2D eigenvalue weighted by molar-refractivity contribution is 7.10. The highest BCUT2D eigenvalue weighted by Crippen LogP contribution is 2.32. The third-order valence-electron chi connectivity index (χ3n) is 5.64. The van der Waals surface area contributed by atoms with E-state index >= 15 is 0 Å². The molecule has 2 aliphatic rings. The van der Waals surface area contributed by atoms with Gasteiger partial charge < -0.3 is 9.80 Å². The summed E-state index contributed by atoms with van der Waals surface area (Å²) >= 11 is 1.73. The zero-order valence-electron chi connectivity index (χ0n) is 15.4. The number of nitrogens with zero attached hydrogens (tertiary/aromatic N) is 3. The molecule has 1 saturated heterocycles. The Bertz CT molecular complexity index is 871. The van der Waals surface area contributed by atoms with Crippen molar-refractivity contribution in [2.24, 2.45) is 5.92 Å². The van der Waals surface area contributed by atoms with Gasteiger partial charge in [0, 0.05) is 43.2 Å². The molecule has 27 heavy (non-hydrogen) atoms. The number of thiophene rings is 1. The van der Waals surface area contributed by atoms with Crippen molar-refractivity contribution in [3.05, 3.63) is 55.8 Å². The van der Waals surface area contributed by atoms with Gasteiger partial charge in [-0.1, -0.05) is 6.92 Å². The molecule has 0 unspecified atom stereocenters. The first-order valence-corrected chi connectivity index (χ1v) is 10.3. The molecule has 1 aromatic carbocycles. The molecule has 6 nitrogen and oxygen atoms in total. The Hall–Kier alpha value is -2.41. The van der Waals surface area contributed by atoms with Gasteiger partial charge in [-0.3, -0.25) is 14.9 Å². The minimum Gasteiger partial charge on any atom is -0.371 e. The Kier molecular flexibility index (Phi) is 4.86. The van der Waals surface area contributed by atoms with Gasteiger partial charge in [0.05, 0.1) is 16.2 Å². The number of fused-ring (bicyclic) bond motifs is 1. The number of rotatable bonds is 3. The minimum absolute atomic E-state index is 0.0271. The molecular weight excluding hydrogens is 362 g/mol. The Balaban J connectivity index is 1.66. The average Bonchev–Trinajstić information content (AvgIpc) is 3.15. The van der Waals surface area contributed by atoms with Crippen molar-refractivity contribution in [2.75, 3.05) is 24.5 Å². The zero-order valence-corrected chi connectivity index (χ0v) is 16.2. The zero-order chi connectivity index (χ0) is 19.0. The van der Waals surface area contributed by atoms with Crippen LogP contribution in [0.3, 0.4) is 0 Å². The Labute approximate surface area is 162 Å². The van der Waals surface area contributed by atoms with E-state index in [0.717, 1.165) is 38.0 Å². The Morgan fingerprint density at radius 3 is 2.74 bits per heavy atom. The Morgan fingerprint density at radius 2 is 2.00 bits per heavy atom. The van der Waals surface area contributed by atoms with Crippen molar-refractivity contribution >= 4 is 28.6 Å². The SMILES string of the molecule is CC1CCN(c2ccc([N+](=O)[O-])cc2C(=O)N2CCc3sccc3C2)CC1. The Morgan fingerprint density at radius 1 is 1.22 bits per heavy atom. The van der Waals surface area contributed by atoms with Crippen molar-refractivity contribution in [3.63, 3.8) is 0 Å². The van der Waals surface area contributed by atoms with Crippen LogP contribution in [0.1, 0.15) is 40.6 Å². The summed E-state index contributed by atoms with van der Waals surface area (Å²) in [6.45, 7) is 5.25. The largest absolute Gasteiger partial charge is 0.371 e. The van der Waals surface area contributed by atoms with E-state index in [9.17, 15) is 14.9 Å². The van der Waals surface area contributed by atoms with Crippen molar-refractivity contribution in [1.29, 1.82) is 0 Å². The van der Waals surface area contributed by atoms with Gasteiger partial charge in [0.25, 0.3) is 11.6 Å². The molecule has 0 N–H and O–H groups in total. The third kappa shape index (κ3) is 3.56. The highest BCUT2D eigenvalue weighted by Gasteiger charge is 2.28. The molecule has 0 spiro atoms. The summed E-state index contributed by atoms with van der Waals surface area (Å²) in [5, 5.41) is 13.3. The minimum atomic E-state index is -0.425. The lowest BCUT2D eigenvalue weighted by molar-refractivity contribution is -0.384. The molecule has 1 fully saturated rings. The smallest absolute Gasteiger partial charge is 0.270 e. The van der Waals surface area contributed by atoms with Crippen LogP contribution < -0.4 is 4.90 Å². The number of hydrogen-bond donors (Lipinski definition) is 0. The molecule has 0 atom stereocenters. The van der Waals surface area contributed by atoms with E-state index in [1.807, 2.05) is 4.90 Å². The normalized spacial score (nSPS) is 17.7. The van der Waals surface area contributed by atoms with Gasteiger partial charge in [-0.05, 0) is 48.3 Å². The quantitative estimate of drug-likeness (QED) is 0.589. The number of anilines is 1. The summed E-state index contributed by atoms with van der Waals surface area (Å²) in [7, 11) is 0. The molecule has 1 aromatic heterocycles. The van der Waals surface area contributed by atoms with Crippen molar-refractivity contribution in [2.45, 2.75) is 32.7 Å². The third-order valence-corrected chi connectivity index (χ3v) is 6.66. The van der Waals surface area contributed by atoms with Crippen LogP contribution in [-0.2, 0) is 13.0 Å². The monoisotopic (exact) mass is 385 g/mol. The summed E-state index contributed by atoms with van der Waals surface area (Å²) < 4.78 is 0. The van der Waals surface area contributed by atoms with E-state index in [1.165, 1.54) is 22.6 Å². The van der Waals surface area contributed by atoms with Crippen LogP contribution in [0.15, 0.2) is 29.6 Å². The predicted molar refractivity (Wildman–Crippen MR) is 106 cm³/mol. The van der Waals surface area contributed by atoms with E-state index in [-0.39, 0.29) is 11.6 Å². The van der Waals surface area contributed by atoms with E-state index in [1.54, 1.807) is 17.4 Å². The number of amides is 1. The fourth-order valence-electron chi connectivity index (χ4n) is 3.93. The van der Waals surface area contributed by atoms with Crippen LogP contribution in [0.2, 0.25) is 0 Å². The van der Waals surface area contributed by atoms with Gasteiger partial charge in [0.1, 0.15) is 0 Å². The summed E-state index contributed by atoms with van der Waals surface area (Å²) in [5.41, 5.74) is 2.45. The second-order valence-corrected chi connectivity index (χ2v) is 8.47.